The van der Waals surface area contributed by atoms with Crippen LogP contribution in [0.5, 0.6) is 0 Å². The number of halogens is 1. The number of nitrogens with one attached hydrogen (secondary N) is 1. The zero-order valence-corrected chi connectivity index (χ0v) is 12.5. The Labute approximate surface area is 122 Å². The van der Waals surface area contributed by atoms with Gasteiger partial charge in [-0.2, -0.15) is 0 Å². The molecule has 1 aliphatic heterocycles. The van der Waals surface area contributed by atoms with E-state index < -0.39 is 0 Å². The van der Waals surface area contributed by atoms with Crippen LogP contribution < -0.4 is 5.32 Å². The maximum Gasteiger partial charge on any atom is 0.0950 e. The summed E-state index contributed by atoms with van der Waals surface area (Å²) in [6, 6.07) is 8.55. The molecule has 2 nitrogen and oxygen atoms in total. The molecule has 1 N–H and O–H groups in total. The van der Waals surface area contributed by atoms with E-state index in [2.05, 4.69) is 12.2 Å². The molecule has 1 unspecified atom stereocenters. The van der Waals surface area contributed by atoms with Crippen molar-refractivity contribution in [3.8, 4) is 11.3 Å². The smallest absolute Gasteiger partial charge is 0.0950 e. The van der Waals surface area contributed by atoms with Crippen molar-refractivity contribution < 1.29 is 0 Å². The van der Waals surface area contributed by atoms with Gasteiger partial charge in [-0.1, -0.05) is 23.7 Å². The molecule has 1 aliphatic rings. The topological polar surface area (TPSA) is 24.9 Å². The third kappa shape index (κ3) is 2.99. The highest BCUT2D eigenvalue weighted by Gasteiger charge is 2.17. The summed E-state index contributed by atoms with van der Waals surface area (Å²) in [5.41, 5.74) is 2.26. The maximum absolute atomic E-state index is 5.93. The van der Waals surface area contributed by atoms with E-state index in [1.54, 1.807) is 0 Å². The highest BCUT2D eigenvalue weighted by molar-refractivity contribution is 7.12. The Bertz CT molecular complexity index is 556. The predicted octanol–water partition coefficient (Wildman–Crippen LogP) is 4.07. The van der Waals surface area contributed by atoms with Gasteiger partial charge in [0.15, 0.2) is 0 Å². The van der Waals surface area contributed by atoms with E-state index in [1.807, 2.05) is 35.6 Å². The fourth-order valence-corrected chi connectivity index (χ4v) is 3.72. The largest absolute Gasteiger partial charge is 0.314 e. The minimum absolute atomic E-state index is 0.614. The van der Waals surface area contributed by atoms with Gasteiger partial charge in [0.2, 0.25) is 0 Å². The van der Waals surface area contributed by atoms with Crippen LogP contribution in [0.2, 0.25) is 5.02 Å². The quantitative estimate of drug-likeness (QED) is 0.922. The highest BCUT2D eigenvalue weighted by atomic mass is 35.5. The number of nitrogens with zero attached hydrogens (tertiary/aromatic N) is 1. The molecule has 0 radical (unpaired) electrons. The van der Waals surface area contributed by atoms with Gasteiger partial charge in [-0.25, -0.2) is 4.98 Å². The molecule has 1 fully saturated rings. The molecular weight excluding hydrogens is 276 g/mol. The first-order chi connectivity index (χ1) is 9.22. The van der Waals surface area contributed by atoms with Crippen LogP contribution in [0.4, 0.5) is 0 Å². The fraction of sp³-hybridized carbons (Fsp3) is 0.400. The fourth-order valence-electron chi connectivity index (χ4n) is 2.56. The molecule has 1 saturated heterocycles. The third-order valence-electron chi connectivity index (χ3n) is 3.54. The second kappa shape index (κ2) is 5.61. The van der Waals surface area contributed by atoms with E-state index >= 15 is 0 Å². The van der Waals surface area contributed by atoms with Crippen LogP contribution in [0.1, 0.15) is 22.7 Å². The molecule has 0 aliphatic carbocycles. The van der Waals surface area contributed by atoms with Crippen LogP contribution in [-0.2, 0) is 6.42 Å². The zero-order valence-electron chi connectivity index (χ0n) is 10.9. The molecule has 4 heteroatoms. The van der Waals surface area contributed by atoms with Crippen LogP contribution in [-0.4, -0.2) is 17.6 Å². The molecule has 0 amide bonds. The van der Waals surface area contributed by atoms with Gasteiger partial charge >= 0.3 is 0 Å². The summed E-state index contributed by atoms with van der Waals surface area (Å²) in [7, 11) is 0. The first-order valence-electron chi connectivity index (χ1n) is 6.68. The molecule has 1 aromatic heterocycles. The predicted molar refractivity (Wildman–Crippen MR) is 82.0 cm³/mol. The Kier molecular flexibility index (Phi) is 3.87. The number of hydrogen-bond acceptors (Lipinski definition) is 3. The lowest BCUT2D eigenvalue weighted by Crippen LogP contribution is -2.23. The molecule has 19 heavy (non-hydrogen) atoms. The Hall–Kier alpha value is -0.900. The van der Waals surface area contributed by atoms with Crippen molar-refractivity contribution in [3.05, 3.63) is 39.2 Å². The average molecular weight is 293 g/mol. The van der Waals surface area contributed by atoms with Gasteiger partial charge in [-0.3, -0.25) is 0 Å². The normalized spacial score (nSPS) is 18.9. The van der Waals surface area contributed by atoms with Crippen molar-refractivity contribution in [2.24, 2.45) is 0 Å². The van der Waals surface area contributed by atoms with Crippen LogP contribution >= 0.6 is 22.9 Å². The SMILES string of the molecule is Cc1sc(CC2CCCN2)nc1-c1ccc(Cl)cc1. The van der Waals surface area contributed by atoms with E-state index in [-0.39, 0.29) is 0 Å². The van der Waals surface area contributed by atoms with Gasteiger partial charge in [0.25, 0.3) is 0 Å². The number of benzene rings is 1. The summed E-state index contributed by atoms with van der Waals surface area (Å²) in [5.74, 6) is 0. The Morgan fingerprint density at radius 3 is 2.84 bits per heavy atom. The van der Waals surface area contributed by atoms with Crippen molar-refractivity contribution in [2.75, 3.05) is 6.54 Å². The summed E-state index contributed by atoms with van der Waals surface area (Å²) in [5, 5.41) is 5.54. The van der Waals surface area contributed by atoms with Crippen LogP contribution in [0, 0.1) is 6.92 Å². The Morgan fingerprint density at radius 1 is 1.37 bits per heavy atom. The van der Waals surface area contributed by atoms with Gasteiger partial charge in [0, 0.05) is 27.9 Å². The van der Waals surface area contributed by atoms with Gasteiger partial charge < -0.3 is 5.32 Å². The molecule has 1 aromatic carbocycles. The number of thiazole rings is 1. The van der Waals surface area contributed by atoms with E-state index in [0.29, 0.717) is 6.04 Å². The summed E-state index contributed by atoms with van der Waals surface area (Å²) >= 11 is 7.75. The minimum Gasteiger partial charge on any atom is -0.314 e. The Balaban J connectivity index is 1.82. The second-order valence-electron chi connectivity index (χ2n) is 5.02. The molecular formula is C15H17ClN2S. The number of rotatable bonds is 3. The molecule has 2 heterocycles. The van der Waals surface area contributed by atoms with E-state index in [4.69, 9.17) is 16.6 Å². The number of aromatic nitrogens is 1. The van der Waals surface area contributed by atoms with Crippen molar-refractivity contribution in [1.82, 2.24) is 10.3 Å². The van der Waals surface area contributed by atoms with E-state index in [1.165, 1.54) is 22.7 Å². The summed E-state index contributed by atoms with van der Waals surface area (Å²) < 4.78 is 0. The zero-order chi connectivity index (χ0) is 13.2. The number of hydrogen-bond donors (Lipinski definition) is 1. The van der Waals surface area contributed by atoms with E-state index in [9.17, 15) is 0 Å². The van der Waals surface area contributed by atoms with Gasteiger partial charge in [0.1, 0.15) is 0 Å². The van der Waals surface area contributed by atoms with Crippen molar-refractivity contribution in [2.45, 2.75) is 32.2 Å². The molecule has 2 aromatic rings. The lowest BCUT2D eigenvalue weighted by Gasteiger charge is -2.06. The first kappa shape index (κ1) is 13.1. The first-order valence-corrected chi connectivity index (χ1v) is 7.87. The van der Waals surface area contributed by atoms with Crippen LogP contribution in [0.25, 0.3) is 11.3 Å². The molecule has 0 saturated carbocycles. The van der Waals surface area contributed by atoms with Gasteiger partial charge in [0.05, 0.1) is 10.7 Å². The van der Waals surface area contributed by atoms with Crippen molar-refractivity contribution >= 4 is 22.9 Å². The van der Waals surface area contributed by atoms with Gasteiger partial charge in [-0.05, 0) is 38.4 Å². The molecule has 100 valence electrons. The standard InChI is InChI=1S/C15H17ClN2S/c1-10-15(11-4-6-12(16)7-5-11)18-14(19-10)9-13-3-2-8-17-13/h4-7,13,17H,2-3,8-9H2,1H3. The lowest BCUT2D eigenvalue weighted by molar-refractivity contribution is 0.601. The summed E-state index contributed by atoms with van der Waals surface area (Å²) in [6.07, 6.45) is 3.62. The second-order valence-corrected chi connectivity index (χ2v) is 6.74. The van der Waals surface area contributed by atoms with E-state index in [0.717, 1.165) is 29.2 Å². The summed E-state index contributed by atoms with van der Waals surface area (Å²) in [4.78, 5) is 6.10. The Morgan fingerprint density at radius 2 is 2.16 bits per heavy atom. The monoisotopic (exact) mass is 292 g/mol. The number of aryl methyl sites for hydroxylation is 1. The molecule has 1 atom stereocenters. The summed E-state index contributed by atoms with van der Waals surface area (Å²) in [6.45, 7) is 3.30. The maximum atomic E-state index is 5.93. The minimum atomic E-state index is 0.614. The van der Waals surface area contributed by atoms with Crippen LogP contribution in [0.15, 0.2) is 24.3 Å². The molecule has 0 bridgehead atoms. The van der Waals surface area contributed by atoms with Crippen LogP contribution in [0.3, 0.4) is 0 Å². The van der Waals surface area contributed by atoms with Crippen molar-refractivity contribution in [1.29, 1.82) is 0 Å². The highest BCUT2D eigenvalue weighted by Crippen LogP contribution is 2.29. The third-order valence-corrected chi connectivity index (χ3v) is 4.79. The molecule has 0 spiro atoms. The van der Waals surface area contributed by atoms with Crippen molar-refractivity contribution in [3.63, 3.8) is 0 Å². The lowest BCUT2D eigenvalue weighted by atomic mass is 10.1. The molecule has 3 rings (SSSR count). The average Bonchev–Trinajstić information content (AvgIpc) is 3.01. The van der Waals surface area contributed by atoms with Gasteiger partial charge in [-0.15, -0.1) is 11.3 Å².